The molecule has 4 heteroatoms. The van der Waals surface area contributed by atoms with E-state index in [1.54, 1.807) is 0 Å². The molecule has 1 heterocycles. The van der Waals surface area contributed by atoms with Crippen molar-refractivity contribution in [3.63, 3.8) is 0 Å². The van der Waals surface area contributed by atoms with E-state index in [1.807, 2.05) is 0 Å². The van der Waals surface area contributed by atoms with Crippen LogP contribution in [0.2, 0.25) is 0 Å². The summed E-state index contributed by atoms with van der Waals surface area (Å²) in [7, 11) is 0. The van der Waals surface area contributed by atoms with Crippen LogP contribution in [0.4, 0.5) is 0 Å². The molecule has 0 aliphatic carbocycles. The zero-order valence-corrected chi connectivity index (χ0v) is 2.87. The summed E-state index contributed by atoms with van der Waals surface area (Å²) in [6.45, 7) is -2.42. The highest BCUT2D eigenvalue weighted by Crippen LogP contribution is 2.08. The molecule has 36 valence electrons. The molecule has 0 atom stereocenters. The maximum Gasteiger partial charge on any atom is 0.277 e. The second-order valence-corrected chi connectivity index (χ2v) is 0.886. The lowest BCUT2D eigenvalue weighted by Gasteiger charge is -2.26. The lowest BCUT2D eigenvalue weighted by Crippen LogP contribution is -2.40. The molecule has 1 aliphatic rings. The Labute approximate surface area is 33.9 Å². The van der Waals surface area contributed by atoms with Crippen LogP contribution < -0.4 is 0 Å². The summed E-state index contributed by atoms with van der Waals surface area (Å²) < 4.78 is 8.06. The van der Waals surface area contributed by atoms with E-state index in [1.165, 1.54) is 0 Å². The van der Waals surface area contributed by atoms with Crippen LogP contribution in [0.3, 0.4) is 0 Å². The molecule has 1 saturated heterocycles. The molecule has 0 unspecified atom stereocenters. The molecule has 1 aliphatic heterocycles. The molecule has 1 rings (SSSR count). The third-order valence-corrected chi connectivity index (χ3v) is 0.466. The molecule has 0 aromatic carbocycles. The number of hydrogen-bond donors (Lipinski definition) is 2. The van der Waals surface area contributed by atoms with Gasteiger partial charge in [0.2, 0.25) is 0 Å². The van der Waals surface area contributed by atoms with Gasteiger partial charge in [0.15, 0.2) is 0 Å². The Morgan fingerprint density at radius 1 is 1.00 bits per heavy atom. The van der Waals surface area contributed by atoms with Crippen molar-refractivity contribution in [3.8, 4) is 0 Å². The van der Waals surface area contributed by atoms with Gasteiger partial charge in [-0.05, 0) is 0 Å². The van der Waals surface area contributed by atoms with Crippen LogP contribution in [-0.4, -0.2) is 23.2 Å². The molecule has 6 heavy (non-hydrogen) atoms. The third-order valence-electron chi connectivity index (χ3n) is 0.466. The predicted octanol–water partition coefficient (Wildman–Crippen LogP) is -1.42. The van der Waals surface area contributed by atoms with Crippen LogP contribution in [0.15, 0.2) is 0 Å². The first-order chi connectivity index (χ1) is 2.79. The quantitative estimate of drug-likeness (QED) is 0.385. The van der Waals surface area contributed by atoms with Crippen LogP contribution in [0.5, 0.6) is 0 Å². The van der Waals surface area contributed by atoms with Gasteiger partial charge in [0.05, 0.1) is 0 Å². The van der Waals surface area contributed by atoms with Gasteiger partial charge in [-0.25, -0.2) is 0 Å². The van der Waals surface area contributed by atoms with Crippen molar-refractivity contribution in [3.05, 3.63) is 0 Å². The van der Waals surface area contributed by atoms with E-state index >= 15 is 0 Å². The summed E-state index contributed by atoms with van der Waals surface area (Å²) in [5.41, 5.74) is 0. The minimum Gasteiger partial charge on any atom is -0.346 e. The minimum absolute atomic E-state index is 1.21. The molecule has 0 amide bonds. The van der Waals surface area contributed by atoms with Crippen molar-refractivity contribution in [1.29, 1.82) is 0 Å². The van der Waals surface area contributed by atoms with Crippen LogP contribution in [0, 0.1) is 0 Å². The van der Waals surface area contributed by atoms with Crippen LogP contribution >= 0.6 is 0 Å². The number of ether oxygens (including phenoxy) is 2. The van der Waals surface area contributed by atoms with E-state index < -0.39 is 13.0 Å². The maximum atomic E-state index is 8.01. The number of aliphatic hydroxyl groups is 2. The van der Waals surface area contributed by atoms with Crippen molar-refractivity contribution in [1.82, 2.24) is 0 Å². The number of aliphatic hydroxyl groups excluding tert-OH is 2. The van der Waals surface area contributed by atoms with Gasteiger partial charge in [-0.2, -0.15) is 0 Å². The largest absolute Gasteiger partial charge is 0.346 e. The fourth-order valence-electron chi connectivity index (χ4n) is 0.209. The zero-order valence-electron chi connectivity index (χ0n) is 2.87. The Bertz CT molecular complexity index is 41.5. The van der Waals surface area contributed by atoms with Gasteiger partial charge in [-0.3, -0.25) is 9.47 Å². The molecule has 0 aromatic heterocycles. The summed E-state index contributed by atoms with van der Waals surface area (Å²) in [6, 6.07) is 0. The van der Waals surface area contributed by atoms with Crippen LogP contribution in [-0.2, 0) is 9.47 Å². The standard InChI is InChI=1S/C2H4O4/c3-1-5-2(4)6-1/h1-4H. The Kier molecular flexibility index (Phi) is 0.776. The molecule has 4 nitrogen and oxygen atoms in total. The zero-order chi connectivity index (χ0) is 4.57. The Morgan fingerprint density at radius 3 is 1.33 bits per heavy atom. The van der Waals surface area contributed by atoms with Gasteiger partial charge >= 0.3 is 0 Å². The average Bonchev–Trinajstić information content (AvgIpc) is 1.33. The molecule has 2 N–H and O–H groups in total. The Morgan fingerprint density at radius 2 is 1.33 bits per heavy atom. The van der Waals surface area contributed by atoms with Gasteiger partial charge in [-0.1, -0.05) is 0 Å². The maximum absolute atomic E-state index is 8.01. The third kappa shape index (κ3) is 0.504. The van der Waals surface area contributed by atoms with Gasteiger partial charge in [-0.15, -0.1) is 0 Å². The summed E-state index contributed by atoms with van der Waals surface area (Å²) >= 11 is 0. The van der Waals surface area contributed by atoms with Crippen molar-refractivity contribution in [2.24, 2.45) is 0 Å². The molecule has 0 aromatic rings. The van der Waals surface area contributed by atoms with Crippen molar-refractivity contribution >= 4 is 0 Å². The first kappa shape index (κ1) is 4.01. The topological polar surface area (TPSA) is 58.9 Å². The minimum atomic E-state index is -1.21. The first-order valence-electron chi connectivity index (χ1n) is 1.46. The van der Waals surface area contributed by atoms with Crippen molar-refractivity contribution in [2.75, 3.05) is 0 Å². The molecule has 0 bridgehead atoms. The van der Waals surface area contributed by atoms with Gasteiger partial charge < -0.3 is 10.2 Å². The van der Waals surface area contributed by atoms with E-state index in [-0.39, 0.29) is 0 Å². The van der Waals surface area contributed by atoms with E-state index in [2.05, 4.69) is 9.47 Å². The van der Waals surface area contributed by atoms with E-state index in [0.717, 1.165) is 0 Å². The first-order valence-corrected chi connectivity index (χ1v) is 1.46. The summed E-state index contributed by atoms with van der Waals surface area (Å²) in [5.74, 6) is 0. The lowest BCUT2D eigenvalue weighted by molar-refractivity contribution is -0.514. The van der Waals surface area contributed by atoms with Gasteiger partial charge in [0.25, 0.3) is 13.0 Å². The Balaban J connectivity index is 2.11. The number of hydrogen-bond acceptors (Lipinski definition) is 4. The second kappa shape index (κ2) is 1.16. The normalized spacial score (nSPS) is 45.0. The highest BCUT2D eigenvalue weighted by Gasteiger charge is 2.25. The molecule has 0 spiro atoms. The SMILES string of the molecule is OC1OC(O)O1. The van der Waals surface area contributed by atoms with Crippen molar-refractivity contribution in [2.45, 2.75) is 13.0 Å². The van der Waals surface area contributed by atoms with Crippen LogP contribution in [0.25, 0.3) is 0 Å². The highest BCUT2D eigenvalue weighted by molar-refractivity contribution is 4.28. The lowest BCUT2D eigenvalue weighted by atomic mass is 11.0. The Hall–Kier alpha value is -0.160. The molecule has 0 radical (unpaired) electrons. The van der Waals surface area contributed by atoms with Gasteiger partial charge in [0.1, 0.15) is 0 Å². The van der Waals surface area contributed by atoms with Crippen LogP contribution in [0.1, 0.15) is 0 Å². The van der Waals surface area contributed by atoms with Crippen molar-refractivity contribution < 1.29 is 19.7 Å². The smallest absolute Gasteiger partial charge is 0.277 e. The number of rotatable bonds is 0. The molecule has 1 fully saturated rings. The van der Waals surface area contributed by atoms with E-state index in [0.29, 0.717) is 0 Å². The van der Waals surface area contributed by atoms with E-state index in [4.69, 9.17) is 10.2 Å². The second-order valence-electron chi connectivity index (χ2n) is 0.886. The average molecular weight is 92.0 g/mol. The van der Waals surface area contributed by atoms with E-state index in [9.17, 15) is 0 Å². The summed E-state index contributed by atoms with van der Waals surface area (Å²) in [5, 5.41) is 16.0. The monoisotopic (exact) mass is 92.0 g/mol. The highest BCUT2D eigenvalue weighted by atomic mass is 17.0. The molecular weight excluding hydrogens is 88.0 g/mol. The molecule has 0 saturated carbocycles. The fourth-order valence-corrected chi connectivity index (χ4v) is 0.209. The molecular formula is C2H4O4. The predicted molar refractivity (Wildman–Crippen MR) is 14.2 cm³/mol. The summed E-state index contributed by atoms with van der Waals surface area (Å²) in [4.78, 5) is 0. The summed E-state index contributed by atoms with van der Waals surface area (Å²) in [6.07, 6.45) is 0. The van der Waals surface area contributed by atoms with Gasteiger partial charge in [0, 0.05) is 0 Å². The fraction of sp³-hybridized carbons (Fsp3) is 1.00.